The summed E-state index contributed by atoms with van der Waals surface area (Å²) in [6.07, 6.45) is 4.58. The van der Waals surface area contributed by atoms with Crippen LogP contribution in [0.1, 0.15) is 5.56 Å². The second kappa shape index (κ2) is 4.76. The summed E-state index contributed by atoms with van der Waals surface area (Å²) in [6, 6.07) is 7.82. The molecule has 0 fully saturated rings. The van der Waals surface area contributed by atoms with Gasteiger partial charge in [-0.1, -0.05) is 18.2 Å². The number of rotatable bonds is 4. The quantitative estimate of drug-likeness (QED) is 0.671. The number of nitrogens with one attached hydrogen (secondary N) is 2. The zero-order chi connectivity index (χ0) is 10.7. The second-order valence-corrected chi connectivity index (χ2v) is 3.97. The Bertz CT molecular complexity index is 466. The molecule has 1 heterocycles. The predicted molar refractivity (Wildman–Crippen MR) is 68.6 cm³/mol. The Hall–Kier alpha value is -0.880. The highest BCUT2D eigenvalue weighted by molar-refractivity contribution is 14.1. The van der Waals surface area contributed by atoms with Crippen molar-refractivity contribution in [3.63, 3.8) is 0 Å². The van der Waals surface area contributed by atoms with Crippen LogP contribution in [0.25, 0.3) is 10.9 Å². The summed E-state index contributed by atoms with van der Waals surface area (Å²) in [4.78, 5) is 13.8. The first-order valence-electron chi connectivity index (χ1n) is 4.64. The van der Waals surface area contributed by atoms with E-state index in [-0.39, 0.29) is 6.04 Å². The Labute approximate surface area is 102 Å². The summed E-state index contributed by atoms with van der Waals surface area (Å²) in [5.74, 6) is 0. The number of carbonyl (C=O) groups excluding carboxylic acids is 1. The summed E-state index contributed by atoms with van der Waals surface area (Å²) in [6.45, 7) is 0. The normalized spacial score (nSPS) is 12.9. The Morgan fingerprint density at radius 1 is 1.47 bits per heavy atom. The zero-order valence-corrected chi connectivity index (χ0v) is 10.1. The Morgan fingerprint density at radius 2 is 2.27 bits per heavy atom. The minimum Gasteiger partial charge on any atom is -0.361 e. The molecule has 15 heavy (non-hydrogen) atoms. The number of H-pyrrole nitrogens is 1. The molecule has 1 aromatic carbocycles. The molecule has 1 radical (unpaired) electrons. The molecular weight excluding hydrogens is 303 g/mol. The van der Waals surface area contributed by atoms with Crippen LogP contribution in [0.15, 0.2) is 30.5 Å². The summed E-state index contributed by atoms with van der Waals surface area (Å²) < 4.78 is 2.89. The maximum Gasteiger partial charge on any atom is 0.217 e. The van der Waals surface area contributed by atoms with Crippen LogP contribution in [0, 0.1) is 0 Å². The van der Waals surface area contributed by atoms with Gasteiger partial charge < -0.3 is 4.98 Å². The summed E-state index contributed by atoms with van der Waals surface area (Å²) in [5, 5.41) is 1.17. The first kappa shape index (κ1) is 10.6. The molecule has 1 atom stereocenters. The SMILES string of the molecule is O=[C]C(Cc1c[nH]c2ccccc12)NI. The van der Waals surface area contributed by atoms with Gasteiger partial charge in [0.05, 0.1) is 6.04 Å². The average molecular weight is 313 g/mol. The number of para-hydroxylation sites is 1. The molecule has 3 nitrogen and oxygen atoms in total. The number of halogens is 1. The van der Waals surface area contributed by atoms with Gasteiger partial charge in [-0.3, -0.25) is 4.79 Å². The highest BCUT2D eigenvalue weighted by atomic mass is 127. The second-order valence-electron chi connectivity index (χ2n) is 3.34. The van der Waals surface area contributed by atoms with Gasteiger partial charge in [0.2, 0.25) is 6.29 Å². The van der Waals surface area contributed by atoms with E-state index < -0.39 is 0 Å². The van der Waals surface area contributed by atoms with Crippen LogP contribution in [-0.2, 0) is 11.2 Å². The molecule has 1 unspecified atom stereocenters. The van der Waals surface area contributed by atoms with Crippen molar-refractivity contribution in [1.82, 2.24) is 8.51 Å². The molecule has 0 bridgehead atoms. The van der Waals surface area contributed by atoms with E-state index in [0.29, 0.717) is 6.42 Å². The van der Waals surface area contributed by atoms with E-state index in [2.05, 4.69) is 14.6 Å². The average Bonchev–Trinajstić information content (AvgIpc) is 2.69. The van der Waals surface area contributed by atoms with Gasteiger partial charge in [-0.25, -0.2) is 3.53 Å². The van der Waals surface area contributed by atoms with Gasteiger partial charge in [0.25, 0.3) is 0 Å². The van der Waals surface area contributed by atoms with Crippen molar-refractivity contribution in [2.45, 2.75) is 12.5 Å². The van der Waals surface area contributed by atoms with Crippen molar-refractivity contribution < 1.29 is 4.79 Å². The largest absolute Gasteiger partial charge is 0.361 e. The van der Waals surface area contributed by atoms with E-state index in [1.54, 1.807) is 0 Å². The maximum absolute atomic E-state index is 10.6. The number of aromatic nitrogens is 1. The fourth-order valence-electron chi connectivity index (χ4n) is 1.62. The molecule has 0 aliphatic rings. The highest BCUT2D eigenvalue weighted by Gasteiger charge is 2.10. The molecule has 0 spiro atoms. The van der Waals surface area contributed by atoms with E-state index in [1.165, 1.54) is 5.39 Å². The van der Waals surface area contributed by atoms with E-state index in [4.69, 9.17) is 0 Å². The molecule has 0 aliphatic heterocycles. The van der Waals surface area contributed by atoms with E-state index in [0.717, 1.165) is 11.1 Å². The molecule has 0 amide bonds. The van der Waals surface area contributed by atoms with E-state index in [1.807, 2.05) is 53.5 Å². The molecule has 0 aliphatic carbocycles. The number of fused-ring (bicyclic) bond motifs is 1. The molecule has 2 rings (SSSR count). The number of hydrogen-bond acceptors (Lipinski definition) is 2. The lowest BCUT2D eigenvalue weighted by Crippen LogP contribution is -2.24. The summed E-state index contributed by atoms with van der Waals surface area (Å²) in [7, 11) is 0. The molecule has 4 heteroatoms. The number of hydrogen-bond donors (Lipinski definition) is 2. The van der Waals surface area contributed by atoms with Crippen LogP contribution < -0.4 is 3.53 Å². The smallest absolute Gasteiger partial charge is 0.217 e. The Kier molecular flexibility index (Phi) is 3.37. The van der Waals surface area contributed by atoms with Crippen LogP contribution in [0.3, 0.4) is 0 Å². The lowest BCUT2D eigenvalue weighted by Gasteiger charge is -2.04. The van der Waals surface area contributed by atoms with Crippen LogP contribution in [0.2, 0.25) is 0 Å². The minimum atomic E-state index is -0.246. The Morgan fingerprint density at radius 3 is 3.00 bits per heavy atom. The van der Waals surface area contributed by atoms with Crippen molar-refractivity contribution in [3.8, 4) is 0 Å². The minimum absolute atomic E-state index is 0.246. The molecule has 0 saturated carbocycles. The van der Waals surface area contributed by atoms with E-state index >= 15 is 0 Å². The van der Waals surface area contributed by atoms with Crippen LogP contribution in [0.4, 0.5) is 0 Å². The monoisotopic (exact) mass is 313 g/mol. The Balaban J connectivity index is 2.32. The lowest BCUT2D eigenvalue weighted by molar-refractivity contribution is 0.538. The van der Waals surface area contributed by atoms with Gasteiger partial charge >= 0.3 is 0 Å². The first-order chi connectivity index (χ1) is 7.35. The fourth-order valence-corrected chi connectivity index (χ4v) is 1.97. The van der Waals surface area contributed by atoms with Crippen LogP contribution in [-0.4, -0.2) is 17.3 Å². The zero-order valence-electron chi connectivity index (χ0n) is 7.96. The molecule has 0 saturated heterocycles. The summed E-state index contributed by atoms with van der Waals surface area (Å²) >= 11 is 1.98. The first-order valence-corrected chi connectivity index (χ1v) is 5.72. The standard InChI is InChI=1S/C11H10IN2O/c12-14-9(7-15)5-8-6-13-11-4-2-1-3-10(8)11/h1-4,6,9,13-14H,5H2. The van der Waals surface area contributed by atoms with Crippen molar-refractivity contribution >= 4 is 40.1 Å². The van der Waals surface area contributed by atoms with Crippen molar-refractivity contribution in [2.75, 3.05) is 0 Å². The van der Waals surface area contributed by atoms with Crippen molar-refractivity contribution in [1.29, 1.82) is 0 Å². The number of aromatic amines is 1. The molecular formula is C11H10IN2O. The predicted octanol–water partition coefficient (Wildman–Crippen LogP) is 2.13. The molecule has 77 valence electrons. The highest BCUT2D eigenvalue weighted by Crippen LogP contribution is 2.18. The van der Waals surface area contributed by atoms with Crippen LogP contribution >= 0.6 is 22.9 Å². The van der Waals surface area contributed by atoms with Gasteiger partial charge in [-0.15, -0.1) is 0 Å². The van der Waals surface area contributed by atoms with Gasteiger partial charge in [0.1, 0.15) is 0 Å². The van der Waals surface area contributed by atoms with Gasteiger partial charge in [0, 0.05) is 40.0 Å². The van der Waals surface area contributed by atoms with Crippen molar-refractivity contribution in [2.24, 2.45) is 0 Å². The van der Waals surface area contributed by atoms with Gasteiger partial charge in [-0.2, -0.15) is 0 Å². The lowest BCUT2D eigenvalue weighted by atomic mass is 10.1. The summed E-state index contributed by atoms with van der Waals surface area (Å²) in [5.41, 5.74) is 2.24. The third-order valence-corrected chi connectivity index (χ3v) is 3.12. The topological polar surface area (TPSA) is 44.9 Å². The molecule has 1 aromatic heterocycles. The third kappa shape index (κ3) is 2.21. The maximum atomic E-state index is 10.6. The van der Waals surface area contributed by atoms with Crippen molar-refractivity contribution in [3.05, 3.63) is 36.0 Å². The van der Waals surface area contributed by atoms with Crippen LogP contribution in [0.5, 0.6) is 0 Å². The van der Waals surface area contributed by atoms with E-state index in [9.17, 15) is 4.79 Å². The third-order valence-electron chi connectivity index (χ3n) is 2.37. The van der Waals surface area contributed by atoms with Gasteiger partial charge in [0.15, 0.2) is 0 Å². The van der Waals surface area contributed by atoms with Gasteiger partial charge in [-0.05, 0) is 18.1 Å². The molecule has 2 aromatic rings. The fraction of sp³-hybridized carbons (Fsp3) is 0.182. The number of benzene rings is 1. The molecule has 2 N–H and O–H groups in total.